The van der Waals surface area contributed by atoms with Crippen molar-refractivity contribution in [3.8, 4) is 5.82 Å². The van der Waals surface area contributed by atoms with Gasteiger partial charge in [0.05, 0.1) is 17.4 Å². The van der Waals surface area contributed by atoms with Gasteiger partial charge in [-0.3, -0.25) is 4.79 Å². The van der Waals surface area contributed by atoms with Crippen LogP contribution in [0.1, 0.15) is 12.8 Å². The molecule has 1 saturated carbocycles. The number of anilines is 1. The molecule has 0 spiro atoms. The highest BCUT2D eigenvalue weighted by molar-refractivity contribution is 5.99. The topological polar surface area (TPSA) is 98.7 Å². The predicted molar refractivity (Wildman–Crippen MR) is 78.4 cm³/mol. The third-order valence-electron chi connectivity index (χ3n) is 2.90. The Morgan fingerprint density at radius 1 is 1.35 bits per heavy atom. The first-order valence-electron chi connectivity index (χ1n) is 5.59. The van der Waals surface area contributed by atoms with E-state index in [1.807, 2.05) is 0 Å². The monoisotopic (exact) mass is 316 g/mol. The molecule has 0 bridgehead atoms. The molecule has 1 aliphatic carbocycles. The lowest BCUT2D eigenvalue weighted by molar-refractivity contribution is -0.118. The molecule has 7 nitrogen and oxygen atoms in total. The van der Waals surface area contributed by atoms with Crippen molar-refractivity contribution < 1.29 is 4.79 Å². The van der Waals surface area contributed by atoms with E-state index in [0.29, 0.717) is 11.5 Å². The van der Waals surface area contributed by atoms with Gasteiger partial charge < -0.3 is 11.1 Å². The van der Waals surface area contributed by atoms with Crippen LogP contribution in [0.3, 0.4) is 0 Å². The first-order chi connectivity index (χ1) is 8.67. The predicted octanol–water partition coefficient (Wildman–Crippen LogP) is 0.936. The normalized spacial score (nSPS) is 14.7. The van der Waals surface area contributed by atoms with Gasteiger partial charge in [-0.1, -0.05) is 0 Å². The number of nitrogens with two attached hydrogens (primary N) is 1. The number of rotatable bonds is 3. The van der Waals surface area contributed by atoms with Crippen LogP contribution in [0.25, 0.3) is 5.82 Å². The lowest BCUT2D eigenvalue weighted by Gasteiger charge is -2.09. The molecule has 0 unspecified atom stereocenters. The van der Waals surface area contributed by atoms with Gasteiger partial charge in [-0.05, 0) is 25.0 Å². The van der Waals surface area contributed by atoms with Crippen LogP contribution >= 0.6 is 24.8 Å². The van der Waals surface area contributed by atoms with Crippen molar-refractivity contribution in [1.29, 1.82) is 0 Å². The minimum absolute atomic E-state index is 0. The second kappa shape index (κ2) is 6.17. The summed E-state index contributed by atoms with van der Waals surface area (Å²) in [6, 6.07) is 3.51. The lowest BCUT2D eigenvalue weighted by atomic mass is 10.2. The van der Waals surface area contributed by atoms with E-state index in [4.69, 9.17) is 5.73 Å². The second-order valence-corrected chi connectivity index (χ2v) is 4.36. The molecule has 9 heteroatoms. The Morgan fingerprint density at radius 2 is 2.10 bits per heavy atom. The molecule has 3 N–H and O–H groups in total. The number of carbonyl (C=O) groups excluding carboxylic acids is 1. The summed E-state index contributed by atoms with van der Waals surface area (Å²) >= 11 is 0. The molecule has 0 atom stereocenters. The summed E-state index contributed by atoms with van der Waals surface area (Å²) < 4.78 is 1.54. The average molecular weight is 317 g/mol. The van der Waals surface area contributed by atoms with Crippen LogP contribution in [0.15, 0.2) is 31.0 Å². The highest BCUT2D eigenvalue weighted by Crippen LogP contribution is 2.33. The minimum Gasteiger partial charge on any atom is -0.323 e. The van der Waals surface area contributed by atoms with E-state index < -0.39 is 5.54 Å². The molecule has 1 amide bonds. The summed E-state index contributed by atoms with van der Waals surface area (Å²) in [6.45, 7) is 0. The van der Waals surface area contributed by atoms with Crippen molar-refractivity contribution in [3.63, 3.8) is 0 Å². The summed E-state index contributed by atoms with van der Waals surface area (Å²) in [5, 5.41) is 6.71. The van der Waals surface area contributed by atoms with Crippen LogP contribution in [0.2, 0.25) is 0 Å². The van der Waals surface area contributed by atoms with E-state index in [0.717, 1.165) is 12.8 Å². The van der Waals surface area contributed by atoms with Gasteiger partial charge in [0, 0.05) is 0 Å². The number of nitrogens with zero attached hydrogens (tertiary/aromatic N) is 4. The van der Waals surface area contributed by atoms with Gasteiger partial charge in [0.25, 0.3) is 0 Å². The first kappa shape index (κ1) is 16.4. The Balaban J connectivity index is 0.000001000. The van der Waals surface area contributed by atoms with Crippen molar-refractivity contribution in [3.05, 3.63) is 31.0 Å². The molecule has 2 heterocycles. The molecule has 108 valence electrons. The zero-order valence-corrected chi connectivity index (χ0v) is 12.0. The molecular formula is C11H14Cl2N6O. The van der Waals surface area contributed by atoms with Crippen molar-refractivity contribution in [1.82, 2.24) is 19.7 Å². The Kier molecular flexibility index (Phi) is 5.04. The maximum Gasteiger partial charge on any atom is 0.244 e. The summed E-state index contributed by atoms with van der Waals surface area (Å²) in [7, 11) is 0. The number of nitrogens with one attached hydrogen (secondary N) is 1. The lowest BCUT2D eigenvalue weighted by Crippen LogP contribution is -2.37. The van der Waals surface area contributed by atoms with Gasteiger partial charge in [-0.2, -0.15) is 5.10 Å². The van der Waals surface area contributed by atoms with E-state index in [-0.39, 0.29) is 30.7 Å². The van der Waals surface area contributed by atoms with Crippen molar-refractivity contribution in [2.45, 2.75) is 18.4 Å². The van der Waals surface area contributed by atoms with E-state index in [1.165, 1.54) is 11.0 Å². The number of amides is 1. The molecule has 2 aromatic heterocycles. The molecular weight excluding hydrogens is 303 g/mol. The number of hydrogen-bond donors (Lipinski definition) is 2. The zero-order chi connectivity index (χ0) is 12.6. The summed E-state index contributed by atoms with van der Waals surface area (Å²) in [6.07, 6.45) is 6.04. The Labute approximate surface area is 127 Å². The Hall–Kier alpha value is -1.70. The molecule has 0 aromatic carbocycles. The smallest absolute Gasteiger partial charge is 0.244 e. The summed E-state index contributed by atoms with van der Waals surface area (Å²) in [5.41, 5.74) is 5.74. The molecule has 3 rings (SSSR count). The van der Waals surface area contributed by atoms with Gasteiger partial charge in [-0.15, -0.1) is 24.8 Å². The van der Waals surface area contributed by atoms with Gasteiger partial charge in [-0.25, -0.2) is 14.6 Å². The Bertz CT molecular complexity index is 567. The van der Waals surface area contributed by atoms with Crippen LogP contribution < -0.4 is 11.1 Å². The second-order valence-electron chi connectivity index (χ2n) is 4.36. The van der Waals surface area contributed by atoms with Crippen LogP contribution in [0.4, 0.5) is 5.69 Å². The average Bonchev–Trinajstić information content (AvgIpc) is 2.94. The fraction of sp³-hybridized carbons (Fsp3) is 0.273. The molecule has 1 fully saturated rings. The third-order valence-corrected chi connectivity index (χ3v) is 2.90. The number of halogens is 2. The standard InChI is InChI=1S/C11H12N6O.2ClH/c12-11(3-4-11)10(18)16-8-1-2-9(14-5-8)17-7-13-6-15-17;;/h1-2,5-7H,3-4,12H2,(H,16,18);2*1H. The molecule has 0 radical (unpaired) electrons. The van der Waals surface area contributed by atoms with Gasteiger partial charge in [0.2, 0.25) is 5.91 Å². The van der Waals surface area contributed by atoms with Crippen LogP contribution in [0.5, 0.6) is 0 Å². The van der Waals surface area contributed by atoms with E-state index in [1.54, 1.807) is 24.7 Å². The van der Waals surface area contributed by atoms with Crippen LogP contribution in [-0.4, -0.2) is 31.2 Å². The van der Waals surface area contributed by atoms with E-state index in [2.05, 4.69) is 20.4 Å². The summed E-state index contributed by atoms with van der Waals surface area (Å²) in [5.74, 6) is 0.484. The number of aromatic nitrogens is 4. The van der Waals surface area contributed by atoms with Crippen LogP contribution in [-0.2, 0) is 4.79 Å². The maximum atomic E-state index is 11.7. The third kappa shape index (κ3) is 3.24. The number of hydrogen-bond acceptors (Lipinski definition) is 5. The SMILES string of the molecule is Cl.Cl.NC1(C(=O)Nc2ccc(-n3cncn3)nc2)CC1. The molecule has 20 heavy (non-hydrogen) atoms. The van der Waals surface area contributed by atoms with E-state index >= 15 is 0 Å². The Morgan fingerprint density at radius 3 is 2.60 bits per heavy atom. The summed E-state index contributed by atoms with van der Waals surface area (Å²) in [4.78, 5) is 19.7. The highest BCUT2D eigenvalue weighted by atomic mass is 35.5. The van der Waals surface area contributed by atoms with Gasteiger partial charge in [0.1, 0.15) is 12.7 Å². The van der Waals surface area contributed by atoms with Gasteiger partial charge in [0.15, 0.2) is 5.82 Å². The number of carbonyl (C=O) groups is 1. The zero-order valence-electron chi connectivity index (χ0n) is 10.4. The fourth-order valence-corrected chi connectivity index (χ4v) is 1.54. The van der Waals surface area contributed by atoms with Gasteiger partial charge >= 0.3 is 0 Å². The highest BCUT2D eigenvalue weighted by Gasteiger charge is 2.45. The van der Waals surface area contributed by atoms with Crippen LogP contribution in [0, 0.1) is 0 Å². The number of pyridine rings is 1. The molecule has 2 aromatic rings. The van der Waals surface area contributed by atoms with Crippen molar-refractivity contribution in [2.75, 3.05) is 5.32 Å². The molecule has 0 saturated heterocycles. The molecule has 0 aliphatic heterocycles. The first-order valence-corrected chi connectivity index (χ1v) is 5.59. The fourth-order valence-electron chi connectivity index (χ4n) is 1.54. The quantitative estimate of drug-likeness (QED) is 0.877. The maximum absolute atomic E-state index is 11.7. The van der Waals surface area contributed by atoms with E-state index in [9.17, 15) is 4.79 Å². The minimum atomic E-state index is -0.676. The molecule has 1 aliphatic rings. The van der Waals surface area contributed by atoms with Crippen molar-refractivity contribution in [2.24, 2.45) is 5.73 Å². The van der Waals surface area contributed by atoms with Crippen molar-refractivity contribution >= 4 is 36.4 Å². The largest absolute Gasteiger partial charge is 0.323 e.